The van der Waals surface area contributed by atoms with Gasteiger partial charge in [-0.1, -0.05) is 58.3 Å². The first kappa shape index (κ1) is 28.5. The van der Waals surface area contributed by atoms with Crippen LogP contribution in [0.4, 0.5) is 0 Å². The summed E-state index contributed by atoms with van der Waals surface area (Å²) in [5.74, 6) is -0.436. The van der Waals surface area contributed by atoms with Crippen LogP contribution in [0.5, 0.6) is 0 Å². The van der Waals surface area contributed by atoms with Crippen molar-refractivity contribution in [3.63, 3.8) is 0 Å². The normalized spacial score (nSPS) is 15.1. The van der Waals surface area contributed by atoms with Gasteiger partial charge in [-0.05, 0) is 6.42 Å². The first-order valence-electron chi connectivity index (χ1n) is 10.8. The number of quaternary nitrogens is 1. The number of carbonyl (C=O) groups is 1. The van der Waals surface area contributed by atoms with Gasteiger partial charge in [0.1, 0.15) is 19.3 Å². The van der Waals surface area contributed by atoms with Gasteiger partial charge in [0.15, 0.2) is 0 Å². The summed E-state index contributed by atoms with van der Waals surface area (Å²) in [6.07, 6.45) is 9.65. The summed E-state index contributed by atoms with van der Waals surface area (Å²) in [5.41, 5.74) is 0. The van der Waals surface area contributed by atoms with Crippen LogP contribution in [0.3, 0.4) is 0 Å². The van der Waals surface area contributed by atoms with Crippen LogP contribution in [0.2, 0.25) is 0 Å². The molecular weight excluding hydrogens is 397 g/mol. The Balaban J connectivity index is 3.89. The minimum Gasteiger partial charge on any atom is -0.457 e. The number of aliphatic hydroxyl groups excluding tert-OH is 1. The average Bonchev–Trinajstić information content (AvgIpc) is 2.62. The number of ether oxygens (including phenoxy) is 1. The maximum absolute atomic E-state index is 11.9. The van der Waals surface area contributed by atoms with Crippen molar-refractivity contribution in [1.82, 2.24) is 0 Å². The summed E-state index contributed by atoms with van der Waals surface area (Å²) < 4.78 is 27.3. The number of likely N-dealkylation sites (N-methyl/N-ethyl adjacent to an activating group) is 1. The largest absolute Gasteiger partial charge is 0.472 e. The van der Waals surface area contributed by atoms with Crippen molar-refractivity contribution in [2.45, 2.75) is 77.2 Å². The van der Waals surface area contributed by atoms with Crippen molar-refractivity contribution < 1.29 is 37.6 Å². The van der Waals surface area contributed by atoms with Crippen LogP contribution >= 0.6 is 7.82 Å². The molecular formula is C20H43NO7P+. The summed E-state index contributed by atoms with van der Waals surface area (Å²) in [7, 11) is 1.55. The zero-order valence-electron chi connectivity index (χ0n) is 18.8. The number of esters is 1. The molecule has 0 aromatic heterocycles. The molecule has 0 aliphatic rings. The van der Waals surface area contributed by atoms with E-state index in [9.17, 15) is 19.4 Å². The van der Waals surface area contributed by atoms with Crippen molar-refractivity contribution in [3.8, 4) is 0 Å². The van der Waals surface area contributed by atoms with Crippen LogP contribution < -0.4 is 0 Å². The number of unbranched alkanes of at least 4 members (excludes halogenated alkanes) is 8. The van der Waals surface area contributed by atoms with Crippen molar-refractivity contribution in [2.75, 3.05) is 47.5 Å². The molecule has 8 nitrogen and oxygen atoms in total. The molecule has 0 radical (unpaired) electrons. The molecule has 0 spiro atoms. The van der Waals surface area contributed by atoms with Gasteiger partial charge in [0.25, 0.3) is 0 Å². The summed E-state index contributed by atoms with van der Waals surface area (Å²) in [6, 6.07) is 0. The molecule has 174 valence electrons. The van der Waals surface area contributed by atoms with Crippen LogP contribution in [-0.4, -0.2) is 74.1 Å². The zero-order valence-corrected chi connectivity index (χ0v) is 19.7. The number of hydrogen-bond donors (Lipinski definition) is 2. The lowest BCUT2D eigenvalue weighted by atomic mass is 10.1. The topological polar surface area (TPSA) is 102 Å². The number of hydrogen-bond acceptors (Lipinski definition) is 6. The lowest BCUT2D eigenvalue weighted by molar-refractivity contribution is -0.870. The van der Waals surface area contributed by atoms with E-state index in [4.69, 9.17) is 13.8 Å². The Hall–Kier alpha value is -0.500. The van der Waals surface area contributed by atoms with E-state index in [0.29, 0.717) is 11.0 Å². The molecule has 2 atom stereocenters. The average molecular weight is 441 g/mol. The Bertz CT molecular complexity index is 468. The zero-order chi connectivity index (χ0) is 22.2. The third-order valence-corrected chi connectivity index (χ3v) is 5.41. The van der Waals surface area contributed by atoms with Gasteiger partial charge < -0.3 is 19.2 Å². The number of phosphoric ester groups is 1. The van der Waals surface area contributed by atoms with E-state index in [1.165, 1.54) is 38.5 Å². The minimum absolute atomic E-state index is 0.0550. The fourth-order valence-corrected chi connectivity index (χ4v) is 3.34. The minimum atomic E-state index is -4.25. The maximum Gasteiger partial charge on any atom is 0.472 e. The molecule has 0 amide bonds. The van der Waals surface area contributed by atoms with Gasteiger partial charge in [-0.3, -0.25) is 13.8 Å². The number of aliphatic hydroxyl groups is 1. The second kappa shape index (κ2) is 16.2. The van der Waals surface area contributed by atoms with Crippen molar-refractivity contribution in [1.29, 1.82) is 0 Å². The van der Waals surface area contributed by atoms with Gasteiger partial charge in [0, 0.05) is 6.42 Å². The Morgan fingerprint density at radius 1 is 0.966 bits per heavy atom. The molecule has 0 saturated carbocycles. The molecule has 0 aliphatic heterocycles. The quantitative estimate of drug-likeness (QED) is 0.137. The molecule has 2 N–H and O–H groups in total. The van der Waals surface area contributed by atoms with E-state index in [0.717, 1.165) is 19.3 Å². The van der Waals surface area contributed by atoms with Crippen LogP contribution in [0.15, 0.2) is 0 Å². The predicted molar refractivity (Wildman–Crippen MR) is 113 cm³/mol. The van der Waals surface area contributed by atoms with E-state index in [1.54, 1.807) is 0 Å². The highest BCUT2D eigenvalue weighted by atomic mass is 31.2. The lowest BCUT2D eigenvalue weighted by Crippen LogP contribution is -2.37. The van der Waals surface area contributed by atoms with E-state index in [-0.39, 0.29) is 13.0 Å². The van der Waals surface area contributed by atoms with Gasteiger partial charge >= 0.3 is 13.8 Å². The van der Waals surface area contributed by atoms with E-state index < -0.39 is 33.1 Å². The highest BCUT2D eigenvalue weighted by Crippen LogP contribution is 2.43. The van der Waals surface area contributed by atoms with Crippen LogP contribution in [0, 0.1) is 0 Å². The van der Waals surface area contributed by atoms with Crippen molar-refractivity contribution in [2.24, 2.45) is 0 Å². The SMILES string of the molecule is CCCCCCCCCCCC(=O)O[C@@H](CO)COP(=O)(O)OCC[N+](C)(C)C. The van der Waals surface area contributed by atoms with Gasteiger partial charge in [0.2, 0.25) is 0 Å². The van der Waals surface area contributed by atoms with Gasteiger partial charge in [0.05, 0.1) is 34.4 Å². The number of phosphoric acid groups is 1. The second-order valence-corrected chi connectivity index (χ2v) is 9.94. The summed E-state index contributed by atoms with van der Waals surface area (Å²) >= 11 is 0. The molecule has 0 bridgehead atoms. The molecule has 0 saturated heterocycles. The molecule has 0 fully saturated rings. The third-order valence-electron chi connectivity index (χ3n) is 4.43. The Morgan fingerprint density at radius 2 is 1.52 bits per heavy atom. The molecule has 0 heterocycles. The molecule has 0 rings (SSSR count). The second-order valence-electron chi connectivity index (χ2n) is 8.48. The predicted octanol–water partition coefficient (Wildman–Crippen LogP) is 3.65. The summed E-state index contributed by atoms with van der Waals surface area (Å²) in [5, 5.41) is 9.31. The first-order chi connectivity index (χ1) is 13.6. The highest BCUT2D eigenvalue weighted by molar-refractivity contribution is 7.47. The Morgan fingerprint density at radius 3 is 2.03 bits per heavy atom. The number of nitrogens with zero attached hydrogens (tertiary/aromatic N) is 1. The third kappa shape index (κ3) is 19.2. The van der Waals surface area contributed by atoms with Crippen molar-refractivity contribution >= 4 is 13.8 Å². The number of carbonyl (C=O) groups excluding carboxylic acids is 1. The Labute approximate surface area is 176 Å². The summed E-state index contributed by atoms with van der Waals surface area (Å²) in [6.45, 7) is 1.92. The van der Waals surface area contributed by atoms with E-state index >= 15 is 0 Å². The van der Waals surface area contributed by atoms with Crippen LogP contribution in [-0.2, 0) is 23.1 Å². The lowest BCUT2D eigenvalue weighted by Gasteiger charge is -2.24. The monoisotopic (exact) mass is 440 g/mol. The van der Waals surface area contributed by atoms with Crippen LogP contribution in [0.25, 0.3) is 0 Å². The molecule has 29 heavy (non-hydrogen) atoms. The highest BCUT2D eigenvalue weighted by Gasteiger charge is 2.25. The molecule has 9 heteroatoms. The molecule has 0 aromatic carbocycles. The Kier molecular flexibility index (Phi) is 15.9. The van der Waals surface area contributed by atoms with Gasteiger partial charge in [-0.25, -0.2) is 4.57 Å². The first-order valence-corrected chi connectivity index (χ1v) is 12.3. The fourth-order valence-electron chi connectivity index (χ4n) is 2.59. The molecule has 1 unspecified atom stereocenters. The fraction of sp³-hybridized carbons (Fsp3) is 0.950. The van der Waals surface area contributed by atoms with E-state index in [2.05, 4.69) is 6.92 Å². The molecule has 0 aliphatic carbocycles. The van der Waals surface area contributed by atoms with Gasteiger partial charge in [-0.15, -0.1) is 0 Å². The molecule has 0 aromatic rings. The van der Waals surface area contributed by atoms with Gasteiger partial charge in [-0.2, -0.15) is 0 Å². The number of rotatable bonds is 19. The maximum atomic E-state index is 11.9. The van der Waals surface area contributed by atoms with Crippen LogP contribution in [0.1, 0.15) is 71.1 Å². The summed E-state index contributed by atoms with van der Waals surface area (Å²) in [4.78, 5) is 21.5. The smallest absolute Gasteiger partial charge is 0.457 e. The standard InChI is InChI=1S/C20H42NO7P/c1-5-6-7-8-9-10-11-12-13-14-20(23)28-19(17-22)18-27-29(24,25)26-16-15-21(2,3)4/h19,22H,5-18H2,1-4H3/p+1/t19-/m0/s1. The van der Waals surface area contributed by atoms with Crippen molar-refractivity contribution in [3.05, 3.63) is 0 Å². The van der Waals surface area contributed by atoms with E-state index in [1.807, 2.05) is 21.1 Å².